The molecule has 0 spiro atoms. The van der Waals surface area contributed by atoms with Crippen molar-refractivity contribution >= 4 is 11.6 Å². The van der Waals surface area contributed by atoms with E-state index in [2.05, 4.69) is 10.3 Å². The molecule has 0 saturated heterocycles. The Morgan fingerprint density at radius 1 is 1.33 bits per heavy atom. The summed E-state index contributed by atoms with van der Waals surface area (Å²) in [7, 11) is 0. The van der Waals surface area contributed by atoms with Gasteiger partial charge in [-0.2, -0.15) is 0 Å². The first-order valence-corrected chi connectivity index (χ1v) is 5.72. The first-order valence-electron chi connectivity index (χ1n) is 5.72. The summed E-state index contributed by atoms with van der Waals surface area (Å²) in [6.07, 6.45) is 1.62. The van der Waals surface area contributed by atoms with Crippen LogP contribution in [0.2, 0.25) is 0 Å². The van der Waals surface area contributed by atoms with Crippen LogP contribution >= 0.6 is 0 Å². The van der Waals surface area contributed by atoms with Gasteiger partial charge in [-0.25, -0.2) is 0 Å². The highest BCUT2D eigenvalue weighted by molar-refractivity contribution is 6.02. The van der Waals surface area contributed by atoms with Crippen molar-refractivity contribution < 1.29 is 4.79 Å². The van der Waals surface area contributed by atoms with E-state index in [1.807, 2.05) is 31.2 Å². The molecule has 0 radical (unpaired) electrons. The fourth-order valence-corrected chi connectivity index (χ4v) is 1.60. The average Bonchev–Trinajstić information content (AvgIpc) is 2.39. The molecule has 18 heavy (non-hydrogen) atoms. The molecule has 0 atom stereocenters. The molecular weight excluding hydrogens is 226 g/mol. The van der Waals surface area contributed by atoms with Gasteiger partial charge < -0.3 is 11.1 Å². The summed E-state index contributed by atoms with van der Waals surface area (Å²) < 4.78 is 0. The maximum Gasteiger partial charge on any atom is 0.274 e. The van der Waals surface area contributed by atoms with Crippen molar-refractivity contribution in [2.75, 3.05) is 5.32 Å². The Hall–Kier alpha value is -2.20. The van der Waals surface area contributed by atoms with Crippen molar-refractivity contribution in [1.29, 1.82) is 0 Å². The topological polar surface area (TPSA) is 68.0 Å². The van der Waals surface area contributed by atoms with Gasteiger partial charge in [-0.1, -0.05) is 18.2 Å². The molecule has 2 aromatic rings. The molecule has 0 aliphatic carbocycles. The Labute approximate surface area is 106 Å². The van der Waals surface area contributed by atoms with Gasteiger partial charge >= 0.3 is 0 Å². The molecule has 0 unspecified atom stereocenters. The molecule has 1 heterocycles. The van der Waals surface area contributed by atoms with Gasteiger partial charge in [0.25, 0.3) is 5.91 Å². The summed E-state index contributed by atoms with van der Waals surface area (Å²) in [6, 6.07) is 11.1. The number of anilines is 1. The van der Waals surface area contributed by atoms with E-state index in [9.17, 15) is 4.79 Å². The van der Waals surface area contributed by atoms with E-state index in [0.717, 1.165) is 16.8 Å². The summed E-state index contributed by atoms with van der Waals surface area (Å²) in [6.45, 7) is 2.40. The molecule has 92 valence electrons. The fraction of sp³-hybridized carbons (Fsp3) is 0.143. The molecule has 0 bridgehead atoms. The number of pyridine rings is 1. The second kappa shape index (κ2) is 5.42. The highest BCUT2D eigenvalue weighted by Gasteiger charge is 2.07. The van der Waals surface area contributed by atoms with Crippen molar-refractivity contribution in [2.45, 2.75) is 13.5 Å². The van der Waals surface area contributed by atoms with Crippen molar-refractivity contribution in [3.8, 4) is 0 Å². The minimum absolute atomic E-state index is 0.218. The van der Waals surface area contributed by atoms with Crippen LogP contribution < -0.4 is 11.1 Å². The molecule has 0 aliphatic heterocycles. The van der Waals surface area contributed by atoms with E-state index in [4.69, 9.17) is 5.73 Å². The van der Waals surface area contributed by atoms with Crippen molar-refractivity contribution in [3.63, 3.8) is 0 Å². The lowest BCUT2D eigenvalue weighted by molar-refractivity contribution is 0.102. The van der Waals surface area contributed by atoms with Gasteiger partial charge in [-0.15, -0.1) is 0 Å². The van der Waals surface area contributed by atoms with Crippen LogP contribution in [0.5, 0.6) is 0 Å². The number of carbonyl (C=O) groups excluding carboxylic acids is 1. The van der Waals surface area contributed by atoms with Crippen molar-refractivity contribution in [3.05, 3.63) is 59.4 Å². The van der Waals surface area contributed by atoms with Crippen LogP contribution in [-0.4, -0.2) is 10.9 Å². The SMILES string of the molecule is Cc1cccc(NC(=O)c2ccc(CN)cn2)c1. The molecule has 2 rings (SSSR count). The predicted molar refractivity (Wildman–Crippen MR) is 71.3 cm³/mol. The summed E-state index contributed by atoms with van der Waals surface area (Å²) in [5, 5.41) is 2.80. The smallest absolute Gasteiger partial charge is 0.274 e. The molecule has 0 saturated carbocycles. The highest BCUT2D eigenvalue weighted by Crippen LogP contribution is 2.11. The van der Waals surface area contributed by atoms with Gasteiger partial charge in [0.15, 0.2) is 0 Å². The predicted octanol–water partition coefficient (Wildman–Crippen LogP) is 2.10. The standard InChI is InChI=1S/C14H15N3O/c1-10-3-2-4-12(7-10)17-14(18)13-6-5-11(8-15)9-16-13/h2-7,9H,8,15H2,1H3,(H,17,18). The first-order chi connectivity index (χ1) is 8.69. The minimum Gasteiger partial charge on any atom is -0.326 e. The second-order valence-electron chi connectivity index (χ2n) is 4.08. The maximum atomic E-state index is 11.9. The number of aromatic nitrogens is 1. The third-order valence-corrected chi connectivity index (χ3v) is 2.57. The Kier molecular flexibility index (Phi) is 3.69. The van der Waals surface area contributed by atoms with Crippen LogP contribution in [0.15, 0.2) is 42.6 Å². The third-order valence-electron chi connectivity index (χ3n) is 2.57. The number of nitrogens with one attached hydrogen (secondary N) is 1. The average molecular weight is 241 g/mol. The summed E-state index contributed by atoms with van der Waals surface area (Å²) >= 11 is 0. The molecule has 1 amide bonds. The Balaban J connectivity index is 2.11. The molecule has 1 aromatic heterocycles. The molecule has 0 aliphatic rings. The highest BCUT2D eigenvalue weighted by atomic mass is 16.1. The summed E-state index contributed by atoms with van der Waals surface area (Å²) in [5.74, 6) is -0.218. The second-order valence-corrected chi connectivity index (χ2v) is 4.08. The Bertz CT molecular complexity index is 549. The van der Waals surface area contributed by atoms with Gasteiger partial charge in [0, 0.05) is 18.4 Å². The zero-order valence-corrected chi connectivity index (χ0v) is 10.2. The van der Waals surface area contributed by atoms with Crippen LogP contribution in [0.1, 0.15) is 21.6 Å². The van der Waals surface area contributed by atoms with Crippen molar-refractivity contribution in [1.82, 2.24) is 4.98 Å². The van der Waals surface area contributed by atoms with E-state index in [0.29, 0.717) is 12.2 Å². The molecule has 1 aromatic carbocycles. The molecular formula is C14H15N3O. The summed E-state index contributed by atoms with van der Waals surface area (Å²) in [4.78, 5) is 16.0. The van der Waals surface area contributed by atoms with E-state index in [-0.39, 0.29) is 5.91 Å². The van der Waals surface area contributed by atoms with Crippen LogP contribution in [0.4, 0.5) is 5.69 Å². The monoisotopic (exact) mass is 241 g/mol. The number of amides is 1. The molecule has 4 heteroatoms. The number of rotatable bonds is 3. The number of hydrogen-bond acceptors (Lipinski definition) is 3. The zero-order chi connectivity index (χ0) is 13.0. The molecule has 0 fully saturated rings. The van der Waals surface area contributed by atoms with E-state index >= 15 is 0 Å². The largest absolute Gasteiger partial charge is 0.326 e. The van der Waals surface area contributed by atoms with Gasteiger partial charge in [0.1, 0.15) is 5.69 Å². The van der Waals surface area contributed by atoms with Crippen LogP contribution in [0.25, 0.3) is 0 Å². The summed E-state index contributed by atoms with van der Waals surface area (Å²) in [5.41, 5.74) is 8.63. The zero-order valence-electron chi connectivity index (χ0n) is 10.2. The fourth-order valence-electron chi connectivity index (χ4n) is 1.60. The van der Waals surface area contributed by atoms with Crippen LogP contribution in [0, 0.1) is 6.92 Å². The van der Waals surface area contributed by atoms with Crippen LogP contribution in [0.3, 0.4) is 0 Å². The minimum atomic E-state index is -0.218. The van der Waals surface area contributed by atoms with Gasteiger partial charge in [-0.05, 0) is 36.2 Å². The number of aryl methyl sites for hydroxylation is 1. The first kappa shape index (κ1) is 12.3. The number of carbonyl (C=O) groups is 1. The quantitative estimate of drug-likeness (QED) is 0.864. The van der Waals surface area contributed by atoms with Crippen molar-refractivity contribution in [2.24, 2.45) is 5.73 Å². The Morgan fingerprint density at radius 3 is 2.78 bits per heavy atom. The Morgan fingerprint density at radius 2 is 2.17 bits per heavy atom. The lowest BCUT2D eigenvalue weighted by atomic mass is 10.2. The maximum absolute atomic E-state index is 11.9. The van der Waals surface area contributed by atoms with E-state index in [1.165, 1.54) is 0 Å². The molecule has 3 N–H and O–H groups in total. The number of benzene rings is 1. The number of nitrogens with two attached hydrogens (primary N) is 1. The van der Waals surface area contributed by atoms with Gasteiger partial charge in [0.05, 0.1) is 0 Å². The number of nitrogens with zero attached hydrogens (tertiary/aromatic N) is 1. The van der Waals surface area contributed by atoms with E-state index < -0.39 is 0 Å². The van der Waals surface area contributed by atoms with Crippen LogP contribution in [-0.2, 0) is 6.54 Å². The lowest BCUT2D eigenvalue weighted by Gasteiger charge is -2.05. The lowest BCUT2D eigenvalue weighted by Crippen LogP contribution is -2.14. The molecule has 4 nitrogen and oxygen atoms in total. The van der Waals surface area contributed by atoms with Gasteiger partial charge in [-0.3, -0.25) is 9.78 Å². The number of hydrogen-bond donors (Lipinski definition) is 2. The normalized spacial score (nSPS) is 10.1. The van der Waals surface area contributed by atoms with E-state index in [1.54, 1.807) is 18.3 Å². The van der Waals surface area contributed by atoms with Gasteiger partial charge in [0.2, 0.25) is 0 Å². The third kappa shape index (κ3) is 2.93.